The highest BCUT2D eigenvalue weighted by Gasteiger charge is 2.24. The number of amides is 1. The van der Waals surface area contributed by atoms with Gasteiger partial charge >= 0.3 is 0 Å². The molecule has 6 heteroatoms. The summed E-state index contributed by atoms with van der Waals surface area (Å²) in [5.74, 6) is 1.80. The molecule has 158 valence electrons. The number of ether oxygens (including phenoxy) is 2. The van der Waals surface area contributed by atoms with Gasteiger partial charge in [0, 0.05) is 36.7 Å². The van der Waals surface area contributed by atoms with Crippen LogP contribution in [0.2, 0.25) is 0 Å². The molecule has 2 aromatic carbocycles. The maximum absolute atomic E-state index is 13.0. The molecule has 0 saturated carbocycles. The topological polar surface area (TPSA) is 74.8 Å². The molecule has 30 heavy (non-hydrogen) atoms. The molecule has 2 heterocycles. The summed E-state index contributed by atoms with van der Waals surface area (Å²) in [5.41, 5.74) is 2.50. The van der Waals surface area contributed by atoms with Crippen molar-refractivity contribution >= 4 is 16.8 Å². The molecule has 1 aliphatic rings. The molecular weight excluding hydrogens is 380 g/mol. The van der Waals surface area contributed by atoms with Crippen LogP contribution in [0.15, 0.2) is 48.5 Å². The second-order valence-electron chi connectivity index (χ2n) is 7.80. The van der Waals surface area contributed by atoms with Crippen LogP contribution in [0.3, 0.4) is 0 Å². The third-order valence-electron chi connectivity index (χ3n) is 5.81. The molecule has 1 saturated heterocycles. The summed E-state index contributed by atoms with van der Waals surface area (Å²) in [6.07, 6.45) is 2.70. The third-order valence-corrected chi connectivity index (χ3v) is 5.81. The fourth-order valence-electron chi connectivity index (χ4n) is 4.04. The molecule has 0 spiro atoms. The predicted molar refractivity (Wildman–Crippen MR) is 116 cm³/mol. The summed E-state index contributed by atoms with van der Waals surface area (Å²) in [7, 11) is 1.62. The number of aromatic nitrogens is 1. The quantitative estimate of drug-likeness (QED) is 0.620. The van der Waals surface area contributed by atoms with Crippen molar-refractivity contribution < 1.29 is 19.4 Å². The van der Waals surface area contributed by atoms with Gasteiger partial charge in [0.15, 0.2) is 11.5 Å². The molecule has 0 unspecified atom stereocenters. The average Bonchev–Trinajstić information content (AvgIpc) is 3.21. The Morgan fingerprint density at radius 2 is 1.90 bits per heavy atom. The number of fused-ring (bicyclic) bond motifs is 1. The number of carbonyl (C=O) groups excluding carboxylic acids is 1. The fourth-order valence-corrected chi connectivity index (χ4v) is 4.04. The molecule has 1 aromatic heterocycles. The number of aliphatic hydroxyl groups is 1. The Hall–Kier alpha value is -2.99. The number of methoxy groups -OCH3 is 1. The smallest absolute Gasteiger partial charge is 0.270 e. The molecule has 6 nitrogen and oxygen atoms in total. The molecule has 0 aliphatic carbocycles. The molecule has 0 bridgehead atoms. The molecule has 1 amide bonds. The lowest BCUT2D eigenvalue weighted by atomic mass is 9.94. The Morgan fingerprint density at radius 3 is 2.60 bits per heavy atom. The number of piperidine rings is 1. The molecule has 1 aliphatic heterocycles. The third kappa shape index (κ3) is 4.44. The van der Waals surface area contributed by atoms with Crippen LogP contribution in [-0.4, -0.2) is 47.7 Å². The van der Waals surface area contributed by atoms with Gasteiger partial charge in [0.2, 0.25) is 0 Å². The zero-order valence-corrected chi connectivity index (χ0v) is 17.3. The molecular formula is C24H28N2O4. The van der Waals surface area contributed by atoms with E-state index < -0.39 is 0 Å². The van der Waals surface area contributed by atoms with Gasteiger partial charge in [0.25, 0.3) is 5.91 Å². The van der Waals surface area contributed by atoms with Crippen molar-refractivity contribution in [3.63, 3.8) is 0 Å². The summed E-state index contributed by atoms with van der Waals surface area (Å²) in [5, 5.41) is 10.0. The number of benzene rings is 2. The Kier molecular flexibility index (Phi) is 6.23. The molecule has 3 aromatic rings. The average molecular weight is 408 g/mol. The van der Waals surface area contributed by atoms with Crippen LogP contribution in [0.1, 0.15) is 35.3 Å². The second-order valence-corrected chi connectivity index (χ2v) is 7.80. The number of carbonyl (C=O) groups is 1. The second kappa shape index (κ2) is 9.22. The predicted octanol–water partition coefficient (Wildman–Crippen LogP) is 3.99. The molecule has 2 N–H and O–H groups in total. The van der Waals surface area contributed by atoms with E-state index in [-0.39, 0.29) is 12.5 Å². The Labute approximate surface area is 176 Å². The van der Waals surface area contributed by atoms with Crippen LogP contribution < -0.4 is 9.47 Å². The summed E-state index contributed by atoms with van der Waals surface area (Å²) >= 11 is 0. The van der Waals surface area contributed by atoms with Crippen LogP contribution >= 0.6 is 0 Å². The number of aliphatic hydroxyl groups excluding tert-OH is 1. The van der Waals surface area contributed by atoms with Gasteiger partial charge in [-0.3, -0.25) is 4.79 Å². The molecule has 0 atom stereocenters. The number of likely N-dealkylation sites (tertiary alicyclic amines) is 1. The normalized spacial score (nSPS) is 14.8. The minimum absolute atomic E-state index is 0.0133. The van der Waals surface area contributed by atoms with Gasteiger partial charge < -0.3 is 24.5 Å². The van der Waals surface area contributed by atoms with Crippen molar-refractivity contribution in [1.29, 1.82) is 0 Å². The van der Waals surface area contributed by atoms with Crippen LogP contribution in [0, 0.1) is 5.92 Å². The van der Waals surface area contributed by atoms with Crippen molar-refractivity contribution in [1.82, 2.24) is 9.88 Å². The van der Waals surface area contributed by atoms with Gasteiger partial charge in [-0.25, -0.2) is 0 Å². The first-order valence-corrected chi connectivity index (χ1v) is 10.5. The van der Waals surface area contributed by atoms with E-state index in [4.69, 9.17) is 14.6 Å². The highest BCUT2D eigenvalue weighted by atomic mass is 16.5. The monoisotopic (exact) mass is 408 g/mol. The van der Waals surface area contributed by atoms with E-state index in [1.54, 1.807) is 7.11 Å². The largest absolute Gasteiger partial charge is 0.493 e. The lowest BCUT2D eigenvalue weighted by molar-refractivity contribution is 0.0673. The minimum atomic E-state index is 0.0133. The number of nitrogens with one attached hydrogen (secondary N) is 1. The van der Waals surface area contributed by atoms with E-state index in [9.17, 15) is 4.79 Å². The van der Waals surface area contributed by atoms with E-state index >= 15 is 0 Å². The van der Waals surface area contributed by atoms with E-state index in [0.717, 1.165) is 48.8 Å². The van der Waals surface area contributed by atoms with Crippen LogP contribution in [0.4, 0.5) is 0 Å². The van der Waals surface area contributed by atoms with Gasteiger partial charge in [0.1, 0.15) is 12.3 Å². The first-order valence-electron chi connectivity index (χ1n) is 10.5. The molecule has 0 radical (unpaired) electrons. The lowest BCUT2D eigenvalue weighted by Crippen LogP contribution is -2.38. The van der Waals surface area contributed by atoms with Crippen LogP contribution in [-0.2, 0) is 6.61 Å². The van der Waals surface area contributed by atoms with E-state index in [2.05, 4.69) is 4.98 Å². The van der Waals surface area contributed by atoms with Crippen molar-refractivity contribution in [2.45, 2.75) is 25.9 Å². The van der Waals surface area contributed by atoms with Crippen LogP contribution in [0.25, 0.3) is 10.9 Å². The summed E-state index contributed by atoms with van der Waals surface area (Å²) in [6, 6.07) is 15.6. The fraction of sp³-hybridized carbons (Fsp3) is 0.375. The Morgan fingerprint density at radius 1 is 1.13 bits per heavy atom. The van der Waals surface area contributed by atoms with Gasteiger partial charge in [-0.2, -0.15) is 0 Å². The van der Waals surface area contributed by atoms with Gasteiger partial charge in [-0.15, -0.1) is 0 Å². The number of H-pyrrole nitrogens is 1. The first-order chi connectivity index (χ1) is 14.7. The number of nitrogens with zero attached hydrogens (tertiary/aromatic N) is 1. The SMILES string of the molecule is COc1cc2cc(C(=O)N3CCC(CCO)CC3)[nH]c2cc1OCc1ccccc1. The van der Waals surface area contributed by atoms with Gasteiger partial charge in [0.05, 0.1) is 7.11 Å². The Balaban J connectivity index is 1.50. The zero-order chi connectivity index (χ0) is 20.9. The van der Waals surface area contributed by atoms with E-state index in [1.165, 1.54) is 0 Å². The summed E-state index contributed by atoms with van der Waals surface area (Å²) < 4.78 is 11.5. The number of hydrogen-bond acceptors (Lipinski definition) is 4. The van der Waals surface area contributed by atoms with Crippen molar-refractivity contribution in [3.05, 3.63) is 59.8 Å². The summed E-state index contributed by atoms with van der Waals surface area (Å²) in [6.45, 7) is 2.12. The van der Waals surface area contributed by atoms with Gasteiger partial charge in [-0.05, 0) is 42.9 Å². The molecule has 4 rings (SSSR count). The van der Waals surface area contributed by atoms with Crippen molar-refractivity contribution in [2.75, 3.05) is 26.8 Å². The highest BCUT2D eigenvalue weighted by molar-refractivity contribution is 5.98. The summed E-state index contributed by atoms with van der Waals surface area (Å²) in [4.78, 5) is 18.1. The van der Waals surface area contributed by atoms with Crippen LogP contribution in [0.5, 0.6) is 11.5 Å². The standard InChI is InChI=1S/C24H28N2O4/c1-29-22-14-19-13-21(24(28)26-10-7-17(8-11-26)9-12-27)25-20(19)15-23(22)30-16-18-5-3-2-4-6-18/h2-6,13-15,17,25,27H,7-12,16H2,1H3. The van der Waals surface area contributed by atoms with Gasteiger partial charge in [-0.1, -0.05) is 30.3 Å². The lowest BCUT2D eigenvalue weighted by Gasteiger charge is -2.31. The maximum atomic E-state index is 13.0. The maximum Gasteiger partial charge on any atom is 0.270 e. The van der Waals surface area contributed by atoms with E-state index in [0.29, 0.717) is 29.7 Å². The molecule has 1 fully saturated rings. The number of aromatic amines is 1. The number of hydrogen-bond donors (Lipinski definition) is 2. The first kappa shape index (κ1) is 20.3. The minimum Gasteiger partial charge on any atom is -0.493 e. The number of rotatable bonds is 7. The highest BCUT2D eigenvalue weighted by Crippen LogP contribution is 2.33. The Bertz CT molecular complexity index is 991. The van der Waals surface area contributed by atoms with Crippen molar-refractivity contribution in [2.24, 2.45) is 5.92 Å². The van der Waals surface area contributed by atoms with Crippen molar-refractivity contribution in [3.8, 4) is 11.5 Å². The van der Waals surface area contributed by atoms with E-state index in [1.807, 2.05) is 53.4 Å². The zero-order valence-electron chi connectivity index (χ0n) is 17.3.